The largest absolute Gasteiger partial charge is 0.433 e. The van der Waals surface area contributed by atoms with Crippen LogP contribution in [0.3, 0.4) is 0 Å². The van der Waals surface area contributed by atoms with Gasteiger partial charge in [-0.2, -0.15) is 18.3 Å². The van der Waals surface area contributed by atoms with Gasteiger partial charge >= 0.3 is 6.18 Å². The smallest absolute Gasteiger partial charge is 0.225 e. The molecule has 0 radical (unpaired) electrons. The highest BCUT2D eigenvalue weighted by Crippen LogP contribution is 2.34. The fourth-order valence-corrected chi connectivity index (χ4v) is 2.03. The van der Waals surface area contributed by atoms with Crippen LogP contribution < -0.4 is 0 Å². The van der Waals surface area contributed by atoms with Gasteiger partial charge < -0.3 is 0 Å². The van der Waals surface area contributed by atoms with E-state index >= 15 is 0 Å². The molecule has 102 valence electrons. The molecule has 8 heteroatoms. The summed E-state index contributed by atoms with van der Waals surface area (Å²) in [6.45, 7) is 0. The quantitative estimate of drug-likeness (QED) is 0.595. The zero-order valence-electron chi connectivity index (χ0n) is 9.18. The first-order valence-electron chi connectivity index (χ1n) is 5.00. The lowest BCUT2D eigenvalue weighted by Gasteiger charge is -2.12. The molecule has 2 rings (SSSR count). The van der Waals surface area contributed by atoms with Gasteiger partial charge in [-0.3, -0.25) is 0 Å². The highest BCUT2D eigenvalue weighted by atomic mass is 79.9. The van der Waals surface area contributed by atoms with Crippen LogP contribution in [0.4, 0.5) is 22.0 Å². The standard InChI is InChI=1S/C11H6BrF5N2/c12-4-6-5-18-19(10(6)11(15,16)17)9-2-1-7(13)3-8(9)14/h1-3,5H,4H2. The number of hydrogen-bond donors (Lipinski definition) is 0. The molecule has 0 fully saturated rings. The first kappa shape index (κ1) is 14.0. The summed E-state index contributed by atoms with van der Waals surface area (Å²) in [5.74, 6) is -1.99. The van der Waals surface area contributed by atoms with E-state index in [1.165, 1.54) is 0 Å². The van der Waals surface area contributed by atoms with E-state index < -0.39 is 29.2 Å². The van der Waals surface area contributed by atoms with Crippen molar-refractivity contribution in [3.05, 3.63) is 47.3 Å². The lowest BCUT2D eigenvalue weighted by molar-refractivity contribution is -0.143. The van der Waals surface area contributed by atoms with E-state index in [1.54, 1.807) is 0 Å². The van der Waals surface area contributed by atoms with Gasteiger partial charge in [0.2, 0.25) is 0 Å². The summed E-state index contributed by atoms with van der Waals surface area (Å²) in [7, 11) is 0. The van der Waals surface area contributed by atoms with Crippen molar-refractivity contribution in [1.82, 2.24) is 9.78 Å². The van der Waals surface area contributed by atoms with Crippen LogP contribution in [0.2, 0.25) is 0 Å². The van der Waals surface area contributed by atoms with Gasteiger partial charge in [0, 0.05) is 17.0 Å². The summed E-state index contributed by atoms with van der Waals surface area (Å²) in [6.07, 6.45) is -3.71. The first-order chi connectivity index (χ1) is 8.84. The van der Waals surface area contributed by atoms with Crippen molar-refractivity contribution in [2.24, 2.45) is 0 Å². The second-order valence-electron chi connectivity index (χ2n) is 3.66. The molecule has 0 N–H and O–H groups in total. The third-order valence-corrected chi connectivity index (χ3v) is 3.00. The molecule has 0 atom stereocenters. The van der Waals surface area contributed by atoms with Crippen LogP contribution in [-0.2, 0) is 11.5 Å². The van der Waals surface area contributed by atoms with E-state index in [4.69, 9.17) is 0 Å². The van der Waals surface area contributed by atoms with Crippen LogP contribution >= 0.6 is 15.9 Å². The van der Waals surface area contributed by atoms with Crippen LogP contribution in [0.1, 0.15) is 11.3 Å². The summed E-state index contributed by atoms with van der Waals surface area (Å²) in [6, 6.07) is 2.28. The van der Waals surface area contributed by atoms with Gasteiger partial charge in [-0.25, -0.2) is 13.5 Å². The molecule has 0 aliphatic carbocycles. The van der Waals surface area contributed by atoms with E-state index in [0.29, 0.717) is 10.7 Å². The number of benzene rings is 1. The van der Waals surface area contributed by atoms with Crippen molar-refractivity contribution in [2.75, 3.05) is 0 Å². The molecule has 1 aromatic carbocycles. The Kier molecular flexibility index (Phi) is 3.62. The molecule has 0 amide bonds. The Bertz CT molecular complexity index is 606. The predicted molar refractivity (Wildman–Crippen MR) is 61.1 cm³/mol. The summed E-state index contributed by atoms with van der Waals surface area (Å²) < 4.78 is 65.6. The third kappa shape index (κ3) is 2.63. The minimum Gasteiger partial charge on any atom is -0.225 e. The van der Waals surface area contributed by atoms with Gasteiger partial charge in [0.1, 0.15) is 11.5 Å². The van der Waals surface area contributed by atoms with Crippen molar-refractivity contribution < 1.29 is 22.0 Å². The molecule has 0 aliphatic heterocycles. The van der Waals surface area contributed by atoms with Crippen molar-refractivity contribution in [3.63, 3.8) is 0 Å². The minimum absolute atomic E-state index is 0.0787. The van der Waals surface area contributed by atoms with Crippen molar-refractivity contribution in [3.8, 4) is 5.69 Å². The van der Waals surface area contributed by atoms with Crippen LogP contribution in [-0.4, -0.2) is 9.78 Å². The van der Waals surface area contributed by atoms with E-state index in [9.17, 15) is 22.0 Å². The maximum atomic E-state index is 13.5. The Balaban J connectivity index is 2.66. The van der Waals surface area contributed by atoms with Crippen molar-refractivity contribution >= 4 is 15.9 Å². The molecule has 1 heterocycles. The number of nitrogens with zero attached hydrogens (tertiary/aromatic N) is 2. The van der Waals surface area contributed by atoms with E-state index in [-0.39, 0.29) is 10.9 Å². The highest BCUT2D eigenvalue weighted by molar-refractivity contribution is 9.08. The summed E-state index contributed by atoms with van der Waals surface area (Å²) in [5, 5.41) is 3.44. The molecule has 0 bridgehead atoms. The fraction of sp³-hybridized carbons (Fsp3) is 0.182. The Morgan fingerprint density at radius 1 is 1.21 bits per heavy atom. The number of alkyl halides is 4. The summed E-state index contributed by atoms with van der Waals surface area (Å²) in [4.78, 5) is 0. The lowest BCUT2D eigenvalue weighted by Crippen LogP contribution is -2.16. The van der Waals surface area contributed by atoms with Crippen LogP contribution in [0.15, 0.2) is 24.4 Å². The maximum absolute atomic E-state index is 13.5. The average Bonchev–Trinajstić information content (AvgIpc) is 2.72. The second kappa shape index (κ2) is 4.92. The molecule has 2 nitrogen and oxygen atoms in total. The van der Waals surface area contributed by atoms with E-state index in [0.717, 1.165) is 18.3 Å². The molecule has 1 aromatic heterocycles. The highest BCUT2D eigenvalue weighted by Gasteiger charge is 2.38. The van der Waals surface area contributed by atoms with Gasteiger partial charge in [0.25, 0.3) is 0 Å². The summed E-state index contributed by atoms with van der Waals surface area (Å²) >= 11 is 2.91. The molecule has 0 saturated heterocycles. The molecular weight excluding hydrogens is 335 g/mol. The molecule has 0 aliphatic rings. The Morgan fingerprint density at radius 3 is 2.42 bits per heavy atom. The number of rotatable bonds is 2. The zero-order chi connectivity index (χ0) is 14.2. The SMILES string of the molecule is Fc1ccc(-n2ncc(CBr)c2C(F)(F)F)c(F)c1. The average molecular weight is 341 g/mol. The third-order valence-electron chi connectivity index (χ3n) is 2.40. The van der Waals surface area contributed by atoms with Crippen LogP contribution in [0, 0.1) is 11.6 Å². The molecular formula is C11H6BrF5N2. The Hall–Kier alpha value is -1.44. The zero-order valence-corrected chi connectivity index (χ0v) is 10.8. The molecule has 0 unspecified atom stereocenters. The van der Waals surface area contributed by atoms with Gasteiger partial charge in [0.05, 0.1) is 6.20 Å². The van der Waals surface area contributed by atoms with Crippen molar-refractivity contribution in [1.29, 1.82) is 0 Å². The molecule has 2 aromatic rings. The van der Waals surface area contributed by atoms with Crippen LogP contribution in [0.5, 0.6) is 0 Å². The number of halogens is 6. The minimum atomic E-state index is -4.69. The van der Waals surface area contributed by atoms with Gasteiger partial charge in [-0.05, 0) is 12.1 Å². The fourth-order valence-electron chi connectivity index (χ4n) is 1.62. The lowest BCUT2D eigenvalue weighted by atomic mass is 10.2. The second-order valence-corrected chi connectivity index (χ2v) is 4.22. The van der Waals surface area contributed by atoms with E-state index in [1.807, 2.05) is 0 Å². The number of aromatic nitrogens is 2. The molecule has 19 heavy (non-hydrogen) atoms. The topological polar surface area (TPSA) is 17.8 Å². The normalized spacial score (nSPS) is 11.9. The van der Waals surface area contributed by atoms with Crippen LogP contribution in [0.25, 0.3) is 5.69 Å². The first-order valence-corrected chi connectivity index (χ1v) is 6.12. The Morgan fingerprint density at radius 2 is 1.89 bits per heavy atom. The molecule has 0 saturated carbocycles. The predicted octanol–water partition coefficient (Wildman–Crippen LogP) is 4.06. The monoisotopic (exact) mass is 340 g/mol. The Labute approximate surface area is 113 Å². The van der Waals surface area contributed by atoms with E-state index in [2.05, 4.69) is 21.0 Å². The molecule has 0 spiro atoms. The van der Waals surface area contributed by atoms with Crippen molar-refractivity contribution in [2.45, 2.75) is 11.5 Å². The van der Waals surface area contributed by atoms with Gasteiger partial charge in [-0.1, -0.05) is 15.9 Å². The van der Waals surface area contributed by atoms with Gasteiger partial charge in [0.15, 0.2) is 11.5 Å². The maximum Gasteiger partial charge on any atom is 0.433 e. The van der Waals surface area contributed by atoms with Gasteiger partial charge in [-0.15, -0.1) is 0 Å². The number of hydrogen-bond acceptors (Lipinski definition) is 1. The summed E-state index contributed by atoms with van der Waals surface area (Å²) in [5.41, 5.74) is -1.67.